The fraction of sp³-hybridized carbons (Fsp3) is 0.333. The van der Waals surface area contributed by atoms with Gasteiger partial charge in [0.25, 0.3) is 0 Å². The fourth-order valence-electron chi connectivity index (χ4n) is 2.17. The summed E-state index contributed by atoms with van der Waals surface area (Å²) in [6.07, 6.45) is -0.0171. The summed E-state index contributed by atoms with van der Waals surface area (Å²) >= 11 is 0. The molecule has 0 fully saturated rings. The molecule has 0 saturated carbocycles. The molecule has 0 aliphatic heterocycles. The van der Waals surface area contributed by atoms with Crippen molar-refractivity contribution in [3.05, 3.63) is 42.0 Å². The van der Waals surface area contributed by atoms with Gasteiger partial charge in [-0.05, 0) is 48.6 Å². The van der Waals surface area contributed by atoms with Crippen LogP contribution in [0.3, 0.4) is 0 Å². The SMILES string of the molecule is COc1ccc2cc(C(OC)N(C)C)ccc2c1. The minimum absolute atomic E-state index is 0.0171. The zero-order valence-electron chi connectivity index (χ0n) is 11.3. The molecule has 0 bridgehead atoms. The molecule has 0 N–H and O–H groups in total. The molecule has 2 aromatic rings. The average Bonchev–Trinajstić information content (AvgIpc) is 2.38. The topological polar surface area (TPSA) is 21.7 Å². The Morgan fingerprint density at radius 1 is 0.944 bits per heavy atom. The molecular weight excluding hydrogens is 226 g/mol. The summed E-state index contributed by atoms with van der Waals surface area (Å²) in [6, 6.07) is 12.4. The van der Waals surface area contributed by atoms with Crippen LogP contribution in [-0.2, 0) is 4.74 Å². The molecule has 1 atom stereocenters. The van der Waals surface area contributed by atoms with Gasteiger partial charge in [0.15, 0.2) is 0 Å². The van der Waals surface area contributed by atoms with Crippen molar-refractivity contribution in [2.45, 2.75) is 6.23 Å². The predicted molar refractivity (Wildman–Crippen MR) is 73.9 cm³/mol. The lowest BCUT2D eigenvalue weighted by Gasteiger charge is -2.23. The number of ether oxygens (including phenoxy) is 2. The summed E-state index contributed by atoms with van der Waals surface area (Å²) < 4.78 is 10.7. The third-order valence-electron chi connectivity index (χ3n) is 3.05. The van der Waals surface area contributed by atoms with Crippen LogP contribution in [-0.4, -0.2) is 33.2 Å². The molecule has 2 rings (SSSR count). The second-order valence-electron chi connectivity index (χ2n) is 4.52. The average molecular weight is 245 g/mol. The molecule has 96 valence electrons. The van der Waals surface area contributed by atoms with E-state index in [0.717, 1.165) is 11.3 Å². The Morgan fingerprint density at radius 3 is 2.22 bits per heavy atom. The number of hydrogen-bond donors (Lipinski definition) is 0. The third kappa shape index (κ3) is 2.47. The number of methoxy groups -OCH3 is 2. The Kier molecular flexibility index (Phi) is 3.84. The first-order chi connectivity index (χ1) is 8.65. The second kappa shape index (κ2) is 5.38. The Morgan fingerprint density at radius 2 is 1.61 bits per heavy atom. The Bertz CT molecular complexity index is 537. The Hall–Kier alpha value is -1.58. The molecule has 0 aromatic heterocycles. The zero-order valence-corrected chi connectivity index (χ0v) is 11.3. The summed E-state index contributed by atoms with van der Waals surface area (Å²) in [5.41, 5.74) is 1.15. The largest absolute Gasteiger partial charge is 0.497 e. The minimum Gasteiger partial charge on any atom is -0.497 e. The number of nitrogens with zero attached hydrogens (tertiary/aromatic N) is 1. The van der Waals surface area contributed by atoms with E-state index in [-0.39, 0.29) is 6.23 Å². The molecule has 0 aliphatic carbocycles. The molecule has 3 nitrogen and oxygen atoms in total. The summed E-state index contributed by atoms with van der Waals surface area (Å²) in [4.78, 5) is 2.05. The highest BCUT2D eigenvalue weighted by atomic mass is 16.5. The number of rotatable bonds is 4. The predicted octanol–water partition coefficient (Wildman–Crippen LogP) is 3.06. The molecule has 0 saturated heterocycles. The van der Waals surface area contributed by atoms with Crippen molar-refractivity contribution in [2.75, 3.05) is 28.3 Å². The van der Waals surface area contributed by atoms with Crippen LogP contribution >= 0.6 is 0 Å². The van der Waals surface area contributed by atoms with Gasteiger partial charge < -0.3 is 9.47 Å². The lowest BCUT2D eigenvalue weighted by Crippen LogP contribution is -2.21. The van der Waals surface area contributed by atoms with Crippen molar-refractivity contribution in [1.82, 2.24) is 4.90 Å². The highest BCUT2D eigenvalue weighted by Gasteiger charge is 2.12. The quantitative estimate of drug-likeness (QED) is 0.773. The summed E-state index contributed by atoms with van der Waals surface area (Å²) in [5, 5.41) is 2.36. The van der Waals surface area contributed by atoms with E-state index in [2.05, 4.69) is 24.3 Å². The van der Waals surface area contributed by atoms with Crippen LogP contribution in [0.4, 0.5) is 0 Å². The van der Waals surface area contributed by atoms with Crippen LogP contribution in [0.25, 0.3) is 10.8 Å². The molecule has 0 heterocycles. The molecule has 2 aromatic carbocycles. The zero-order chi connectivity index (χ0) is 13.1. The van der Waals surface area contributed by atoms with E-state index in [0.29, 0.717) is 0 Å². The first-order valence-corrected chi connectivity index (χ1v) is 5.92. The first-order valence-electron chi connectivity index (χ1n) is 5.92. The van der Waals surface area contributed by atoms with Gasteiger partial charge in [0.05, 0.1) is 7.11 Å². The van der Waals surface area contributed by atoms with Crippen LogP contribution in [0.15, 0.2) is 36.4 Å². The Balaban J connectivity index is 2.44. The van der Waals surface area contributed by atoms with Gasteiger partial charge in [-0.25, -0.2) is 0 Å². The normalized spacial score (nSPS) is 12.9. The monoisotopic (exact) mass is 245 g/mol. The van der Waals surface area contributed by atoms with E-state index in [1.54, 1.807) is 14.2 Å². The van der Waals surface area contributed by atoms with E-state index in [4.69, 9.17) is 9.47 Å². The lowest BCUT2D eigenvalue weighted by molar-refractivity contribution is -0.00530. The lowest BCUT2D eigenvalue weighted by atomic mass is 10.1. The van der Waals surface area contributed by atoms with Crippen molar-refractivity contribution in [1.29, 1.82) is 0 Å². The van der Waals surface area contributed by atoms with E-state index < -0.39 is 0 Å². The van der Waals surface area contributed by atoms with Crippen LogP contribution < -0.4 is 4.74 Å². The maximum absolute atomic E-state index is 5.49. The Labute approximate surface area is 108 Å². The first kappa shape index (κ1) is 12.9. The highest BCUT2D eigenvalue weighted by Crippen LogP contribution is 2.26. The fourth-order valence-corrected chi connectivity index (χ4v) is 2.17. The van der Waals surface area contributed by atoms with Crippen molar-refractivity contribution in [3.63, 3.8) is 0 Å². The van der Waals surface area contributed by atoms with Gasteiger partial charge in [0.2, 0.25) is 0 Å². The number of hydrogen-bond acceptors (Lipinski definition) is 3. The third-order valence-corrected chi connectivity index (χ3v) is 3.05. The van der Waals surface area contributed by atoms with Crippen LogP contribution in [0.2, 0.25) is 0 Å². The van der Waals surface area contributed by atoms with Crippen LogP contribution in [0.5, 0.6) is 5.75 Å². The molecule has 0 spiro atoms. The van der Waals surface area contributed by atoms with Crippen LogP contribution in [0.1, 0.15) is 11.8 Å². The van der Waals surface area contributed by atoms with E-state index in [1.807, 2.05) is 31.1 Å². The highest BCUT2D eigenvalue weighted by molar-refractivity contribution is 5.84. The van der Waals surface area contributed by atoms with E-state index >= 15 is 0 Å². The van der Waals surface area contributed by atoms with E-state index in [1.165, 1.54) is 10.8 Å². The number of fused-ring (bicyclic) bond motifs is 1. The standard InChI is InChI=1S/C15H19NO2/c1-16(2)15(18-4)13-6-5-12-10-14(17-3)8-7-11(12)9-13/h5-10,15H,1-4H3. The van der Waals surface area contributed by atoms with E-state index in [9.17, 15) is 0 Å². The molecule has 3 heteroatoms. The van der Waals surface area contributed by atoms with Gasteiger partial charge >= 0.3 is 0 Å². The van der Waals surface area contributed by atoms with Gasteiger partial charge in [0, 0.05) is 7.11 Å². The molecule has 18 heavy (non-hydrogen) atoms. The van der Waals surface area contributed by atoms with Crippen molar-refractivity contribution >= 4 is 10.8 Å². The number of benzene rings is 2. The summed E-state index contributed by atoms with van der Waals surface area (Å²) in [6.45, 7) is 0. The maximum Gasteiger partial charge on any atom is 0.135 e. The maximum atomic E-state index is 5.49. The van der Waals surface area contributed by atoms with Crippen molar-refractivity contribution in [2.24, 2.45) is 0 Å². The van der Waals surface area contributed by atoms with Crippen molar-refractivity contribution in [3.8, 4) is 5.75 Å². The molecule has 1 unspecified atom stereocenters. The van der Waals surface area contributed by atoms with Gasteiger partial charge in [0.1, 0.15) is 12.0 Å². The van der Waals surface area contributed by atoms with Crippen molar-refractivity contribution < 1.29 is 9.47 Å². The summed E-state index contributed by atoms with van der Waals surface area (Å²) in [5.74, 6) is 0.881. The molecular formula is C15H19NO2. The van der Waals surface area contributed by atoms with Crippen LogP contribution in [0, 0.1) is 0 Å². The second-order valence-corrected chi connectivity index (χ2v) is 4.52. The smallest absolute Gasteiger partial charge is 0.135 e. The van der Waals surface area contributed by atoms with Gasteiger partial charge in [-0.2, -0.15) is 0 Å². The summed E-state index contributed by atoms with van der Waals surface area (Å²) in [7, 11) is 7.42. The minimum atomic E-state index is -0.0171. The van der Waals surface area contributed by atoms with Gasteiger partial charge in [-0.1, -0.05) is 18.2 Å². The van der Waals surface area contributed by atoms with Gasteiger partial charge in [-0.3, -0.25) is 4.90 Å². The molecule has 0 amide bonds. The molecule has 0 radical (unpaired) electrons. The van der Waals surface area contributed by atoms with Gasteiger partial charge in [-0.15, -0.1) is 0 Å². The molecule has 0 aliphatic rings.